The summed E-state index contributed by atoms with van der Waals surface area (Å²) in [4.78, 5) is 11.2. The number of aromatic nitrogens is 2. The highest BCUT2D eigenvalue weighted by atomic mass is 35.5. The van der Waals surface area contributed by atoms with Crippen LogP contribution in [0.2, 0.25) is 5.02 Å². The lowest BCUT2D eigenvalue weighted by Crippen LogP contribution is -2.05. The molecule has 0 atom stereocenters. The molecule has 15 heavy (non-hydrogen) atoms. The molecule has 0 aliphatic rings. The Balaban J connectivity index is 3.04. The summed E-state index contributed by atoms with van der Waals surface area (Å²) in [6.45, 7) is 4.59. The third-order valence-corrected chi connectivity index (χ3v) is 2.79. The Bertz CT molecular complexity index is 361. The minimum Gasteiger partial charge on any atom is -0.274 e. The van der Waals surface area contributed by atoms with Crippen LogP contribution in [0.3, 0.4) is 0 Å². The van der Waals surface area contributed by atoms with Crippen molar-refractivity contribution in [3.05, 3.63) is 16.4 Å². The van der Waals surface area contributed by atoms with Gasteiger partial charge in [0.15, 0.2) is 0 Å². The first-order valence-electron chi connectivity index (χ1n) is 5.06. The summed E-state index contributed by atoms with van der Waals surface area (Å²) < 4.78 is 1.56. The zero-order valence-corrected chi connectivity index (χ0v) is 10.4. The summed E-state index contributed by atoms with van der Waals surface area (Å²) in [6, 6.07) is 0. The summed E-state index contributed by atoms with van der Waals surface area (Å²) in [7, 11) is 0. The van der Waals surface area contributed by atoms with Gasteiger partial charge in [-0.1, -0.05) is 24.9 Å². The van der Waals surface area contributed by atoms with Gasteiger partial charge in [-0.3, -0.25) is 9.48 Å². The van der Waals surface area contributed by atoms with Gasteiger partial charge in [0, 0.05) is 6.54 Å². The maximum atomic E-state index is 11.2. The van der Waals surface area contributed by atoms with Crippen LogP contribution in [0.15, 0.2) is 0 Å². The number of nitrogens with zero attached hydrogens (tertiary/aromatic N) is 2. The molecule has 0 aliphatic heterocycles. The van der Waals surface area contributed by atoms with Gasteiger partial charge < -0.3 is 0 Å². The Labute approximate surface area is 99.4 Å². The van der Waals surface area contributed by atoms with E-state index < -0.39 is 5.24 Å². The second kappa shape index (κ2) is 5.52. The van der Waals surface area contributed by atoms with Gasteiger partial charge in [0.1, 0.15) is 5.69 Å². The van der Waals surface area contributed by atoms with Crippen LogP contribution in [0.25, 0.3) is 0 Å². The van der Waals surface area contributed by atoms with Crippen LogP contribution in [0.5, 0.6) is 0 Å². The lowest BCUT2D eigenvalue weighted by atomic mass is 10.2. The van der Waals surface area contributed by atoms with Crippen molar-refractivity contribution >= 4 is 28.4 Å². The fourth-order valence-electron chi connectivity index (χ4n) is 1.41. The molecule has 0 saturated heterocycles. The number of rotatable bonds is 5. The van der Waals surface area contributed by atoms with E-state index in [-0.39, 0.29) is 0 Å². The van der Waals surface area contributed by atoms with Crippen molar-refractivity contribution in [1.82, 2.24) is 9.78 Å². The number of hydrogen-bond donors (Lipinski definition) is 0. The van der Waals surface area contributed by atoms with Gasteiger partial charge in [0.25, 0.3) is 5.24 Å². The number of halogens is 2. The van der Waals surface area contributed by atoms with Crippen LogP contribution >= 0.6 is 23.2 Å². The Morgan fingerprint density at radius 3 is 2.53 bits per heavy atom. The molecule has 0 amide bonds. The Morgan fingerprint density at radius 1 is 1.47 bits per heavy atom. The maximum absolute atomic E-state index is 11.2. The molecule has 0 radical (unpaired) electrons. The van der Waals surface area contributed by atoms with Crippen molar-refractivity contribution in [2.75, 3.05) is 0 Å². The molecule has 0 aliphatic carbocycles. The number of unbranched alkanes of at least 4 members (excludes halogenated alkanes) is 1. The minimum absolute atomic E-state index is 0.312. The smallest absolute Gasteiger partial charge is 0.272 e. The Morgan fingerprint density at radius 2 is 2.13 bits per heavy atom. The normalized spacial score (nSPS) is 10.7. The number of carbonyl (C=O) groups is 1. The highest BCUT2D eigenvalue weighted by molar-refractivity contribution is 6.68. The summed E-state index contributed by atoms with van der Waals surface area (Å²) in [6.07, 6.45) is 2.87. The van der Waals surface area contributed by atoms with Crippen LogP contribution in [0.1, 0.15) is 42.9 Å². The van der Waals surface area contributed by atoms with E-state index in [9.17, 15) is 4.79 Å². The molecule has 1 rings (SSSR count). The molecule has 0 unspecified atom stereocenters. The van der Waals surface area contributed by atoms with Crippen molar-refractivity contribution in [1.29, 1.82) is 0 Å². The first-order valence-corrected chi connectivity index (χ1v) is 5.82. The molecule has 0 N–H and O–H groups in total. The summed E-state index contributed by atoms with van der Waals surface area (Å²) in [5.74, 6) is 0. The Hall–Kier alpha value is -0.540. The molecule has 0 spiro atoms. The minimum atomic E-state index is -0.544. The standard InChI is InChI=1S/C10H14Cl2N2O/c1-3-5-6-7-8(11)9(10(12)15)14(4-2)13-7/h3-6H2,1-2H3. The molecule has 1 aromatic heterocycles. The third kappa shape index (κ3) is 2.73. The van der Waals surface area contributed by atoms with Crippen LogP contribution < -0.4 is 0 Å². The summed E-state index contributed by atoms with van der Waals surface area (Å²) in [5, 5.41) is 4.13. The molecular weight excluding hydrogens is 235 g/mol. The molecule has 0 fully saturated rings. The second-order valence-electron chi connectivity index (χ2n) is 3.30. The first kappa shape index (κ1) is 12.5. The lowest BCUT2D eigenvalue weighted by Gasteiger charge is -1.97. The van der Waals surface area contributed by atoms with Gasteiger partial charge in [0.05, 0.1) is 10.7 Å². The number of aryl methyl sites for hydroxylation is 2. The predicted octanol–water partition coefficient (Wildman–Crippen LogP) is 3.28. The van der Waals surface area contributed by atoms with E-state index in [0.717, 1.165) is 25.0 Å². The number of hydrogen-bond acceptors (Lipinski definition) is 2. The second-order valence-corrected chi connectivity index (χ2v) is 4.02. The SMILES string of the molecule is CCCCc1nn(CC)c(C(=O)Cl)c1Cl. The highest BCUT2D eigenvalue weighted by Gasteiger charge is 2.19. The quantitative estimate of drug-likeness (QED) is 0.750. The molecule has 0 aromatic carbocycles. The molecule has 1 aromatic rings. The van der Waals surface area contributed by atoms with Crippen molar-refractivity contribution < 1.29 is 4.79 Å². The lowest BCUT2D eigenvalue weighted by molar-refractivity contribution is 0.107. The van der Waals surface area contributed by atoms with Crippen LogP contribution in [0, 0.1) is 0 Å². The molecular formula is C10H14Cl2N2O. The molecule has 5 heteroatoms. The van der Waals surface area contributed by atoms with Gasteiger partial charge in [0.2, 0.25) is 0 Å². The average molecular weight is 249 g/mol. The van der Waals surface area contributed by atoms with Gasteiger partial charge >= 0.3 is 0 Å². The van der Waals surface area contributed by atoms with E-state index in [2.05, 4.69) is 12.0 Å². The van der Waals surface area contributed by atoms with E-state index in [1.54, 1.807) is 4.68 Å². The van der Waals surface area contributed by atoms with Crippen molar-refractivity contribution in [3.63, 3.8) is 0 Å². The van der Waals surface area contributed by atoms with Gasteiger partial charge in [-0.25, -0.2) is 0 Å². The zero-order chi connectivity index (χ0) is 11.4. The largest absolute Gasteiger partial charge is 0.274 e. The van der Waals surface area contributed by atoms with E-state index in [0.29, 0.717) is 17.3 Å². The van der Waals surface area contributed by atoms with Crippen molar-refractivity contribution in [3.8, 4) is 0 Å². The molecule has 3 nitrogen and oxygen atoms in total. The highest BCUT2D eigenvalue weighted by Crippen LogP contribution is 2.23. The maximum Gasteiger partial charge on any atom is 0.272 e. The molecule has 0 bridgehead atoms. The molecule has 84 valence electrons. The van der Waals surface area contributed by atoms with Gasteiger partial charge in [-0.2, -0.15) is 5.10 Å². The van der Waals surface area contributed by atoms with Gasteiger partial charge in [-0.15, -0.1) is 0 Å². The zero-order valence-electron chi connectivity index (χ0n) is 8.89. The first-order chi connectivity index (χ1) is 7.11. The van der Waals surface area contributed by atoms with E-state index >= 15 is 0 Å². The number of carbonyl (C=O) groups excluding carboxylic acids is 1. The average Bonchev–Trinajstić information content (AvgIpc) is 2.52. The van der Waals surface area contributed by atoms with E-state index in [4.69, 9.17) is 23.2 Å². The van der Waals surface area contributed by atoms with E-state index in [1.165, 1.54) is 0 Å². The fourth-order valence-corrected chi connectivity index (χ4v) is 1.97. The molecule has 0 saturated carbocycles. The van der Waals surface area contributed by atoms with Crippen molar-refractivity contribution in [2.24, 2.45) is 0 Å². The summed E-state index contributed by atoms with van der Waals surface area (Å²) in [5.41, 5.74) is 1.08. The van der Waals surface area contributed by atoms with Crippen LogP contribution in [-0.4, -0.2) is 15.0 Å². The van der Waals surface area contributed by atoms with Crippen LogP contribution in [0.4, 0.5) is 0 Å². The summed E-state index contributed by atoms with van der Waals surface area (Å²) >= 11 is 11.5. The Kier molecular flexibility index (Phi) is 4.61. The third-order valence-electron chi connectivity index (χ3n) is 2.21. The topological polar surface area (TPSA) is 34.9 Å². The van der Waals surface area contributed by atoms with Crippen LogP contribution in [-0.2, 0) is 13.0 Å². The van der Waals surface area contributed by atoms with E-state index in [1.807, 2.05) is 6.92 Å². The predicted molar refractivity (Wildman–Crippen MR) is 61.7 cm³/mol. The fraction of sp³-hybridized carbons (Fsp3) is 0.600. The van der Waals surface area contributed by atoms with Crippen molar-refractivity contribution in [2.45, 2.75) is 39.7 Å². The monoisotopic (exact) mass is 248 g/mol. The van der Waals surface area contributed by atoms with Gasteiger partial charge in [-0.05, 0) is 31.4 Å². The molecule has 1 heterocycles.